The highest BCUT2D eigenvalue weighted by Crippen LogP contribution is 2.21. The average Bonchev–Trinajstić information content (AvgIpc) is 2.62. The molecule has 2 heterocycles. The van der Waals surface area contributed by atoms with E-state index in [-0.39, 0.29) is 23.2 Å². The number of carbonyl (C=O) groups excluding carboxylic acids is 1. The molecule has 1 unspecified atom stereocenters. The van der Waals surface area contributed by atoms with E-state index in [9.17, 15) is 13.2 Å². The molecule has 0 radical (unpaired) electrons. The Labute approximate surface area is 99.1 Å². The number of nitrogens with one attached hydrogen (secondary N) is 1. The van der Waals surface area contributed by atoms with Crippen LogP contribution in [0.4, 0.5) is 11.5 Å². The molecule has 92 valence electrons. The molecule has 3 N–H and O–H groups in total. The van der Waals surface area contributed by atoms with Crippen molar-refractivity contribution in [1.82, 2.24) is 4.98 Å². The molecule has 1 fully saturated rings. The molecule has 2 rings (SSSR count). The molecule has 1 saturated heterocycles. The zero-order valence-electron chi connectivity index (χ0n) is 9.09. The Balaban J connectivity index is 2.06. The van der Waals surface area contributed by atoms with E-state index in [1.165, 1.54) is 6.20 Å². The number of amides is 1. The molecule has 1 amide bonds. The van der Waals surface area contributed by atoms with Gasteiger partial charge in [-0.3, -0.25) is 4.79 Å². The summed E-state index contributed by atoms with van der Waals surface area (Å²) < 4.78 is 22.5. The molecule has 0 bridgehead atoms. The quantitative estimate of drug-likeness (QED) is 0.776. The molecule has 17 heavy (non-hydrogen) atoms. The van der Waals surface area contributed by atoms with Gasteiger partial charge in [0.05, 0.1) is 23.1 Å². The molecular weight excluding hydrogens is 242 g/mol. The van der Waals surface area contributed by atoms with E-state index < -0.39 is 15.8 Å². The van der Waals surface area contributed by atoms with Crippen molar-refractivity contribution in [3.05, 3.63) is 18.3 Å². The van der Waals surface area contributed by atoms with Crippen molar-refractivity contribution >= 4 is 27.2 Å². The van der Waals surface area contributed by atoms with E-state index in [2.05, 4.69) is 10.3 Å². The smallest absolute Gasteiger partial charge is 0.229 e. The minimum absolute atomic E-state index is 0.0722. The fraction of sp³-hybridized carbons (Fsp3) is 0.400. The largest absolute Gasteiger partial charge is 0.396 e. The highest BCUT2D eigenvalue weighted by Gasteiger charge is 2.33. The topological polar surface area (TPSA) is 102 Å². The molecule has 1 aliphatic heterocycles. The second kappa shape index (κ2) is 4.33. The van der Waals surface area contributed by atoms with E-state index in [0.717, 1.165) is 0 Å². The number of hydrogen-bond acceptors (Lipinski definition) is 5. The molecule has 1 aromatic heterocycles. The minimum Gasteiger partial charge on any atom is -0.396 e. The van der Waals surface area contributed by atoms with Crippen LogP contribution in [-0.4, -0.2) is 30.8 Å². The van der Waals surface area contributed by atoms with Crippen LogP contribution in [0.5, 0.6) is 0 Å². The van der Waals surface area contributed by atoms with E-state index in [0.29, 0.717) is 12.1 Å². The third kappa shape index (κ3) is 2.73. The molecule has 0 aromatic carbocycles. The number of carbonyl (C=O) groups is 1. The first-order valence-corrected chi connectivity index (χ1v) is 7.02. The summed E-state index contributed by atoms with van der Waals surface area (Å²) in [7, 11) is -3.06. The van der Waals surface area contributed by atoms with E-state index in [1.54, 1.807) is 12.1 Å². The van der Waals surface area contributed by atoms with Crippen molar-refractivity contribution in [2.75, 3.05) is 22.6 Å². The maximum absolute atomic E-state index is 11.8. The van der Waals surface area contributed by atoms with Crippen LogP contribution < -0.4 is 11.1 Å². The Morgan fingerprint density at radius 3 is 2.88 bits per heavy atom. The van der Waals surface area contributed by atoms with Gasteiger partial charge in [-0.2, -0.15) is 0 Å². The first kappa shape index (κ1) is 11.8. The molecule has 0 aliphatic carbocycles. The lowest BCUT2D eigenvalue weighted by molar-refractivity contribution is -0.119. The Hall–Kier alpha value is -1.63. The highest BCUT2D eigenvalue weighted by molar-refractivity contribution is 7.91. The SMILES string of the molecule is Nc1cccnc1NC(=O)C1CCS(=O)(=O)C1. The summed E-state index contributed by atoms with van der Waals surface area (Å²) in [4.78, 5) is 15.7. The molecule has 1 aliphatic rings. The van der Waals surface area contributed by atoms with Gasteiger partial charge in [0.25, 0.3) is 0 Å². The Bertz CT molecular complexity index is 541. The van der Waals surface area contributed by atoms with Gasteiger partial charge in [0.2, 0.25) is 5.91 Å². The standard InChI is InChI=1S/C10H13N3O3S/c11-8-2-1-4-12-9(8)13-10(14)7-3-5-17(15,16)6-7/h1-2,4,7H,3,5-6,11H2,(H,12,13,14). The predicted molar refractivity (Wildman–Crippen MR) is 64.0 cm³/mol. The fourth-order valence-electron chi connectivity index (χ4n) is 1.74. The van der Waals surface area contributed by atoms with Gasteiger partial charge in [-0.1, -0.05) is 0 Å². The van der Waals surface area contributed by atoms with Gasteiger partial charge >= 0.3 is 0 Å². The molecule has 7 heteroatoms. The first-order chi connectivity index (χ1) is 7.98. The molecule has 0 saturated carbocycles. The lowest BCUT2D eigenvalue weighted by Crippen LogP contribution is -2.24. The van der Waals surface area contributed by atoms with Crippen molar-refractivity contribution in [1.29, 1.82) is 0 Å². The summed E-state index contributed by atoms with van der Waals surface area (Å²) in [6, 6.07) is 3.28. The van der Waals surface area contributed by atoms with Gasteiger partial charge in [-0.15, -0.1) is 0 Å². The normalized spacial score (nSPS) is 22.2. The lowest BCUT2D eigenvalue weighted by Gasteiger charge is -2.09. The van der Waals surface area contributed by atoms with Crippen molar-refractivity contribution in [3.8, 4) is 0 Å². The van der Waals surface area contributed by atoms with Crippen LogP contribution in [0.2, 0.25) is 0 Å². The predicted octanol–water partition coefficient (Wildman–Crippen LogP) is 0.0370. The summed E-state index contributed by atoms with van der Waals surface area (Å²) in [5.74, 6) is -0.575. The van der Waals surface area contributed by atoms with Crippen molar-refractivity contribution in [2.45, 2.75) is 6.42 Å². The van der Waals surface area contributed by atoms with Crippen LogP contribution in [0.3, 0.4) is 0 Å². The number of rotatable bonds is 2. The number of nitrogens with zero attached hydrogens (tertiary/aromatic N) is 1. The van der Waals surface area contributed by atoms with Gasteiger partial charge in [0.1, 0.15) is 0 Å². The monoisotopic (exact) mass is 255 g/mol. The Kier molecular flexibility index (Phi) is 3.01. The number of nitrogen functional groups attached to an aromatic ring is 1. The summed E-state index contributed by atoms with van der Waals surface area (Å²) in [6.45, 7) is 0. The maximum Gasteiger partial charge on any atom is 0.229 e. The molecular formula is C10H13N3O3S. The van der Waals surface area contributed by atoms with E-state index >= 15 is 0 Å². The van der Waals surface area contributed by atoms with E-state index in [1.807, 2.05) is 0 Å². The Morgan fingerprint density at radius 1 is 1.53 bits per heavy atom. The molecule has 1 aromatic rings. The number of anilines is 2. The van der Waals surface area contributed by atoms with Crippen LogP contribution in [0.25, 0.3) is 0 Å². The van der Waals surface area contributed by atoms with Crippen LogP contribution in [0.15, 0.2) is 18.3 Å². The first-order valence-electron chi connectivity index (χ1n) is 5.20. The number of nitrogens with two attached hydrogens (primary N) is 1. The van der Waals surface area contributed by atoms with Crippen LogP contribution in [0, 0.1) is 5.92 Å². The van der Waals surface area contributed by atoms with Crippen LogP contribution in [0.1, 0.15) is 6.42 Å². The second-order valence-electron chi connectivity index (χ2n) is 4.03. The number of hydrogen-bond donors (Lipinski definition) is 2. The number of aromatic nitrogens is 1. The fourth-order valence-corrected chi connectivity index (χ4v) is 3.48. The van der Waals surface area contributed by atoms with Crippen LogP contribution >= 0.6 is 0 Å². The van der Waals surface area contributed by atoms with Crippen molar-refractivity contribution in [2.24, 2.45) is 5.92 Å². The van der Waals surface area contributed by atoms with Gasteiger partial charge in [0, 0.05) is 6.20 Å². The zero-order valence-corrected chi connectivity index (χ0v) is 9.90. The van der Waals surface area contributed by atoms with Gasteiger partial charge in [-0.25, -0.2) is 13.4 Å². The third-order valence-electron chi connectivity index (χ3n) is 2.68. The summed E-state index contributed by atoms with van der Waals surface area (Å²) in [5, 5.41) is 2.55. The highest BCUT2D eigenvalue weighted by atomic mass is 32.2. The van der Waals surface area contributed by atoms with Crippen molar-refractivity contribution in [3.63, 3.8) is 0 Å². The number of sulfone groups is 1. The van der Waals surface area contributed by atoms with Crippen LogP contribution in [-0.2, 0) is 14.6 Å². The van der Waals surface area contributed by atoms with Crippen molar-refractivity contribution < 1.29 is 13.2 Å². The summed E-state index contributed by atoms with van der Waals surface area (Å²) in [6.07, 6.45) is 1.87. The van der Waals surface area contributed by atoms with Gasteiger partial charge in [-0.05, 0) is 18.6 Å². The third-order valence-corrected chi connectivity index (χ3v) is 4.45. The summed E-state index contributed by atoms with van der Waals surface area (Å²) in [5.41, 5.74) is 5.99. The Morgan fingerprint density at radius 2 is 2.29 bits per heavy atom. The maximum atomic E-state index is 11.8. The van der Waals surface area contributed by atoms with E-state index in [4.69, 9.17) is 5.73 Å². The van der Waals surface area contributed by atoms with Gasteiger partial charge < -0.3 is 11.1 Å². The average molecular weight is 255 g/mol. The molecule has 1 atom stereocenters. The molecule has 0 spiro atoms. The molecule has 6 nitrogen and oxygen atoms in total. The summed E-state index contributed by atoms with van der Waals surface area (Å²) >= 11 is 0. The van der Waals surface area contributed by atoms with Gasteiger partial charge in [0.15, 0.2) is 15.7 Å². The zero-order chi connectivity index (χ0) is 12.5. The number of pyridine rings is 1. The minimum atomic E-state index is -3.06. The second-order valence-corrected chi connectivity index (χ2v) is 6.26. The lowest BCUT2D eigenvalue weighted by atomic mass is 10.1.